The highest BCUT2D eigenvalue weighted by molar-refractivity contribution is 6.22. The smallest absolute Gasteiger partial charge is 0.157 e. The summed E-state index contributed by atoms with van der Waals surface area (Å²) in [5.74, 6) is 1.49. The van der Waals surface area contributed by atoms with Crippen LogP contribution in [0.1, 0.15) is 40.2 Å². The van der Waals surface area contributed by atoms with Crippen LogP contribution < -0.4 is 4.74 Å². The van der Waals surface area contributed by atoms with Crippen molar-refractivity contribution in [2.45, 2.75) is 45.7 Å². The predicted molar refractivity (Wildman–Crippen MR) is 111 cm³/mol. The Kier molecular flexibility index (Phi) is 3.93. The topological polar surface area (TPSA) is 45.1 Å². The van der Waals surface area contributed by atoms with Crippen molar-refractivity contribution in [3.05, 3.63) is 54.1 Å². The molecule has 0 unspecified atom stereocenters. The van der Waals surface area contributed by atoms with Gasteiger partial charge in [-0.05, 0) is 45.4 Å². The molecule has 0 atom stereocenters. The standard InChI is InChI=1S/C23H26N2O2/c1-6-27-20-17-13-9-7-11-15(17)19(16-12-8-10-14-18(16)20)21-24-22(2,3)23(4,5)25(21)26/h7-14,26H,6H2,1-5H3. The summed E-state index contributed by atoms with van der Waals surface area (Å²) < 4.78 is 6.04. The molecular weight excluding hydrogens is 336 g/mol. The second kappa shape index (κ2) is 5.96. The van der Waals surface area contributed by atoms with Crippen LogP contribution >= 0.6 is 0 Å². The zero-order chi connectivity index (χ0) is 19.4. The Hall–Kier alpha value is -2.59. The molecule has 27 heavy (non-hydrogen) atoms. The molecule has 0 bridgehead atoms. The van der Waals surface area contributed by atoms with Crippen LogP contribution in [-0.2, 0) is 0 Å². The van der Waals surface area contributed by atoms with Gasteiger partial charge in [0.1, 0.15) is 5.75 Å². The molecule has 0 aliphatic carbocycles. The number of benzene rings is 3. The Bertz CT molecular complexity index is 1010. The lowest BCUT2D eigenvalue weighted by Gasteiger charge is -2.37. The number of aliphatic imine (C=N–C) groups is 1. The highest BCUT2D eigenvalue weighted by Crippen LogP contribution is 2.43. The third-order valence-electron chi connectivity index (χ3n) is 6.01. The van der Waals surface area contributed by atoms with Crippen LogP contribution in [0.3, 0.4) is 0 Å². The first-order chi connectivity index (χ1) is 12.8. The number of nitrogens with zero attached hydrogens (tertiary/aromatic N) is 2. The summed E-state index contributed by atoms with van der Waals surface area (Å²) in [5, 5.41) is 16.5. The highest BCUT2D eigenvalue weighted by atomic mass is 16.5. The maximum atomic E-state index is 11.1. The van der Waals surface area contributed by atoms with Gasteiger partial charge in [-0.15, -0.1) is 0 Å². The van der Waals surface area contributed by atoms with E-state index in [4.69, 9.17) is 9.73 Å². The first kappa shape index (κ1) is 17.8. The molecule has 4 nitrogen and oxygen atoms in total. The van der Waals surface area contributed by atoms with Gasteiger partial charge in [0.2, 0.25) is 0 Å². The molecule has 0 aromatic heterocycles. The van der Waals surface area contributed by atoms with Crippen molar-refractivity contribution in [3.63, 3.8) is 0 Å². The average molecular weight is 362 g/mol. The first-order valence-electron chi connectivity index (χ1n) is 9.45. The van der Waals surface area contributed by atoms with Crippen LogP contribution in [0.15, 0.2) is 53.5 Å². The number of hydrogen-bond donors (Lipinski definition) is 1. The fourth-order valence-electron chi connectivity index (χ4n) is 3.76. The third-order valence-corrected chi connectivity index (χ3v) is 6.01. The lowest BCUT2D eigenvalue weighted by Crippen LogP contribution is -2.51. The molecule has 4 rings (SSSR count). The molecule has 1 aliphatic heterocycles. The number of hydroxylamine groups is 2. The normalized spacial score (nSPS) is 18.1. The minimum Gasteiger partial charge on any atom is -0.493 e. The number of hydrogen-bond acceptors (Lipinski definition) is 4. The van der Waals surface area contributed by atoms with Crippen molar-refractivity contribution in [2.24, 2.45) is 4.99 Å². The van der Waals surface area contributed by atoms with Crippen LogP contribution in [0.2, 0.25) is 0 Å². The van der Waals surface area contributed by atoms with Gasteiger partial charge in [0.05, 0.1) is 17.7 Å². The van der Waals surface area contributed by atoms with Gasteiger partial charge in [0, 0.05) is 16.3 Å². The van der Waals surface area contributed by atoms with Crippen LogP contribution in [-0.4, -0.2) is 33.8 Å². The predicted octanol–water partition coefficient (Wildman–Crippen LogP) is 5.40. The quantitative estimate of drug-likeness (QED) is 0.635. The summed E-state index contributed by atoms with van der Waals surface area (Å²) in [7, 11) is 0. The molecule has 140 valence electrons. The second-order valence-corrected chi connectivity index (χ2v) is 8.09. The second-order valence-electron chi connectivity index (χ2n) is 8.09. The maximum absolute atomic E-state index is 11.1. The molecule has 1 heterocycles. The zero-order valence-corrected chi connectivity index (χ0v) is 16.6. The highest BCUT2D eigenvalue weighted by Gasteiger charge is 2.49. The molecule has 0 fully saturated rings. The molecule has 1 N–H and O–H groups in total. The van der Waals surface area contributed by atoms with E-state index in [1.54, 1.807) is 0 Å². The van der Waals surface area contributed by atoms with Crippen LogP contribution in [0.25, 0.3) is 21.5 Å². The largest absolute Gasteiger partial charge is 0.493 e. The number of amidine groups is 1. The summed E-state index contributed by atoms with van der Waals surface area (Å²) in [6.45, 7) is 10.7. The average Bonchev–Trinajstić information content (AvgIpc) is 2.81. The van der Waals surface area contributed by atoms with Gasteiger partial charge in [0.15, 0.2) is 5.84 Å². The maximum Gasteiger partial charge on any atom is 0.157 e. The fraction of sp³-hybridized carbons (Fsp3) is 0.348. The summed E-state index contributed by atoms with van der Waals surface area (Å²) in [6, 6.07) is 16.4. The van der Waals surface area contributed by atoms with Gasteiger partial charge in [0.25, 0.3) is 0 Å². The van der Waals surface area contributed by atoms with Gasteiger partial charge in [-0.2, -0.15) is 0 Å². The van der Waals surface area contributed by atoms with Crippen molar-refractivity contribution in [3.8, 4) is 5.75 Å². The third kappa shape index (κ3) is 2.43. The van der Waals surface area contributed by atoms with Crippen LogP contribution in [0, 0.1) is 0 Å². The Labute approximate surface area is 160 Å². The van der Waals surface area contributed by atoms with E-state index in [9.17, 15) is 5.21 Å². The lowest BCUT2D eigenvalue weighted by atomic mass is 9.84. The molecule has 0 spiro atoms. The first-order valence-corrected chi connectivity index (χ1v) is 9.45. The molecule has 3 aromatic rings. The molecule has 0 radical (unpaired) electrons. The van der Waals surface area contributed by atoms with Gasteiger partial charge in [-0.3, -0.25) is 10.2 Å². The Morgan fingerprint density at radius 1 is 0.889 bits per heavy atom. The van der Waals surface area contributed by atoms with Crippen molar-refractivity contribution in [1.82, 2.24) is 5.06 Å². The van der Waals surface area contributed by atoms with Crippen molar-refractivity contribution >= 4 is 27.4 Å². The monoisotopic (exact) mass is 362 g/mol. The zero-order valence-electron chi connectivity index (χ0n) is 16.6. The minimum absolute atomic E-state index is 0.419. The molecule has 0 saturated heterocycles. The van der Waals surface area contributed by atoms with Gasteiger partial charge < -0.3 is 4.74 Å². The lowest BCUT2D eigenvalue weighted by molar-refractivity contribution is -0.0991. The molecule has 1 aliphatic rings. The van der Waals surface area contributed by atoms with E-state index in [0.717, 1.165) is 32.9 Å². The molecular formula is C23H26N2O2. The summed E-state index contributed by atoms with van der Waals surface area (Å²) in [4.78, 5) is 4.95. The molecule has 0 saturated carbocycles. The van der Waals surface area contributed by atoms with Crippen LogP contribution in [0.4, 0.5) is 0 Å². The van der Waals surface area contributed by atoms with Crippen molar-refractivity contribution in [2.75, 3.05) is 6.61 Å². The summed E-state index contributed by atoms with van der Waals surface area (Å²) in [6.07, 6.45) is 0. The van der Waals surface area contributed by atoms with Crippen LogP contribution in [0.5, 0.6) is 5.75 Å². The summed E-state index contributed by atoms with van der Waals surface area (Å²) in [5.41, 5.74) is 0.0203. The minimum atomic E-state index is -0.511. The Morgan fingerprint density at radius 2 is 1.37 bits per heavy atom. The molecule has 3 aromatic carbocycles. The van der Waals surface area contributed by atoms with Gasteiger partial charge >= 0.3 is 0 Å². The summed E-state index contributed by atoms with van der Waals surface area (Å²) >= 11 is 0. The van der Waals surface area contributed by atoms with Crippen molar-refractivity contribution < 1.29 is 9.94 Å². The van der Waals surface area contributed by atoms with Gasteiger partial charge in [-0.1, -0.05) is 48.5 Å². The fourth-order valence-corrected chi connectivity index (χ4v) is 3.76. The number of fused-ring (bicyclic) bond motifs is 2. The Balaban J connectivity index is 2.14. The number of rotatable bonds is 3. The number of ether oxygens (including phenoxy) is 1. The molecule has 0 amide bonds. The van der Waals surface area contributed by atoms with E-state index in [0.29, 0.717) is 12.4 Å². The van der Waals surface area contributed by atoms with E-state index in [2.05, 4.69) is 38.1 Å². The Morgan fingerprint density at radius 3 is 1.78 bits per heavy atom. The van der Waals surface area contributed by atoms with E-state index >= 15 is 0 Å². The SMILES string of the molecule is CCOc1c2ccccc2c(C2=NC(C)(C)C(C)(C)N2O)c2ccccc12. The van der Waals surface area contributed by atoms with Crippen molar-refractivity contribution in [1.29, 1.82) is 0 Å². The molecule has 4 heteroatoms. The van der Waals surface area contributed by atoms with E-state index < -0.39 is 11.1 Å². The van der Waals surface area contributed by atoms with E-state index in [-0.39, 0.29) is 0 Å². The van der Waals surface area contributed by atoms with Gasteiger partial charge in [-0.25, -0.2) is 5.06 Å². The van der Waals surface area contributed by atoms with E-state index in [1.807, 2.05) is 45.0 Å². The van der Waals surface area contributed by atoms with E-state index in [1.165, 1.54) is 5.06 Å².